The number of imidazole rings is 1. The van der Waals surface area contributed by atoms with E-state index in [1.54, 1.807) is 42.9 Å². The predicted molar refractivity (Wildman–Crippen MR) is 105 cm³/mol. The molecule has 28 heavy (non-hydrogen) atoms. The summed E-state index contributed by atoms with van der Waals surface area (Å²) in [5.41, 5.74) is 2.84. The van der Waals surface area contributed by atoms with Crippen molar-refractivity contribution in [2.45, 2.75) is 25.4 Å². The molecule has 0 radical (unpaired) electrons. The van der Waals surface area contributed by atoms with E-state index in [4.69, 9.17) is 0 Å². The fourth-order valence-corrected chi connectivity index (χ4v) is 4.97. The van der Waals surface area contributed by atoms with Gasteiger partial charge >= 0.3 is 0 Å². The number of rotatable bonds is 4. The molecule has 1 aliphatic heterocycles. The van der Waals surface area contributed by atoms with E-state index in [9.17, 15) is 13.2 Å². The zero-order chi connectivity index (χ0) is 19.7. The van der Waals surface area contributed by atoms with E-state index in [0.29, 0.717) is 36.1 Å². The van der Waals surface area contributed by atoms with Crippen LogP contribution in [0.4, 0.5) is 0 Å². The second-order valence-electron chi connectivity index (χ2n) is 7.10. The molecule has 0 atom stereocenters. The molecule has 8 nitrogen and oxygen atoms in total. The Morgan fingerprint density at radius 1 is 1.25 bits per heavy atom. The SMILES string of the molecule is CN(C(=O)c1cnc2c(c1)ncn2Cc1cccnc1)C1CCS(=O)(=O)CC1. The second-order valence-corrected chi connectivity index (χ2v) is 9.40. The van der Waals surface area contributed by atoms with E-state index in [0.717, 1.165) is 5.56 Å². The van der Waals surface area contributed by atoms with Crippen LogP contribution in [-0.4, -0.2) is 63.3 Å². The van der Waals surface area contributed by atoms with Gasteiger partial charge in [0.05, 0.1) is 29.9 Å². The van der Waals surface area contributed by atoms with E-state index < -0.39 is 9.84 Å². The fourth-order valence-electron chi connectivity index (χ4n) is 3.50. The third kappa shape index (κ3) is 3.75. The lowest BCUT2D eigenvalue weighted by atomic mass is 10.1. The van der Waals surface area contributed by atoms with Gasteiger partial charge in [-0.15, -0.1) is 0 Å². The molecule has 1 aliphatic rings. The van der Waals surface area contributed by atoms with Crippen molar-refractivity contribution in [2.75, 3.05) is 18.6 Å². The Balaban J connectivity index is 1.52. The van der Waals surface area contributed by atoms with Crippen molar-refractivity contribution >= 4 is 26.9 Å². The van der Waals surface area contributed by atoms with E-state index in [1.165, 1.54) is 0 Å². The number of aromatic nitrogens is 4. The van der Waals surface area contributed by atoms with Gasteiger partial charge in [0.25, 0.3) is 5.91 Å². The topological polar surface area (TPSA) is 98.1 Å². The summed E-state index contributed by atoms with van der Waals surface area (Å²) < 4.78 is 25.1. The Kier molecular flexibility index (Phi) is 4.84. The average Bonchev–Trinajstić information content (AvgIpc) is 3.09. The molecule has 0 aliphatic carbocycles. The molecule has 4 heterocycles. The standard InChI is InChI=1S/C19H21N5O3S/c1-23(16-4-7-28(26,27)8-5-16)19(25)15-9-17-18(21-11-15)24(13-22-17)12-14-3-2-6-20-10-14/h2-3,6,9-11,13,16H,4-5,7-8,12H2,1H3. The van der Waals surface area contributed by atoms with Gasteiger partial charge in [0.15, 0.2) is 5.65 Å². The Morgan fingerprint density at radius 2 is 2.04 bits per heavy atom. The first-order valence-electron chi connectivity index (χ1n) is 9.10. The van der Waals surface area contributed by atoms with E-state index >= 15 is 0 Å². The molecule has 3 aromatic heterocycles. The summed E-state index contributed by atoms with van der Waals surface area (Å²) in [5.74, 6) is 0.0944. The maximum Gasteiger partial charge on any atom is 0.255 e. The lowest BCUT2D eigenvalue weighted by molar-refractivity contribution is 0.0721. The number of hydrogen-bond acceptors (Lipinski definition) is 6. The minimum atomic E-state index is -2.96. The molecule has 0 spiro atoms. The Labute approximate surface area is 163 Å². The number of amides is 1. The van der Waals surface area contributed by atoms with Crippen molar-refractivity contribution < 1.29 is 13.2 Å². The first kappa shape index (κ1) is 18.5. The molecule has 0 N–H and O–H groups in total. The third-order valence-corrected chi connectivity index (χ3v) is 6.89. The van der Waals surface area contributed by atoms with Gasteiger partial charge in [0, 0.05) is 31.7 Å². The Morgan fingerprint density at radius 3 is 2.75 bits per heavy atom. The number of nitrogens with zero attached hydrogens (tertiary/aromatic N) is 5. The van der Waals surface area contributed by atoms with Crippen LogP contribution in [0.2, 0.25) is 0 Å². The monoisotopic (exact) mass is 399 g/mol. The highest BCUT2D eigenvalue weighted by molar-refractivity contribution is 7.91. The van der Waals surface area contributed by atoms with Crippen LogP contribution in [0.15, 0.2) is 43.1 Å². The summed E-state index contributed by atoms with van der Waals surface area (Å²) in [4.78, 5) is 27.4. The summed E-state index contributed by atoms with van der Waals surface area (Å²) in [6, 6.07) is 5.52. The van der Waals surface area contributed by atoms with Gasteiger partial charge in [0.1, 0.15) is 15.4 Å². The molecule has 0 aromatic carbocycles. The number of sulfone groups is 1. The molecule has 1 amide bonds. The Hall–Kier alpha value is -2.81. The zero-order valence-electron chi connectivity index (χ0n) is 15.5. The lowest BCUT2D eigenvalue weighted by Gasteiger charge is -2.31. The van der Waals surface area contributed by atoms with Crippen molar-refractivity contribution in [2.24, 2.45) is 0 Å². The van der Waals surface area contributed by atoms with Crippen molar-refractivity contribution in [1.82, 2.24) is 24.4 Å². The van der Waals surface area contributed by atoms with Gasteiger partial charge in [-0.1, -0.05) is 6.07 Å². The van der Waals surface area contributed by atoms with Crippen LogP contribution in [0.5, 0.6) is 0 Å². The van der Waals surface area contributed by atoms with E-state index in [-0.39, 0.29) is 23.5 Å². The molecule has 4 rings (SSSR count). The zero-order valence-corrected chi connectivity index (χ0v) is 16.3. The van der Waals surface area contributed by atoms with Crippen molar-refractivity contribution in [1.29, 1.82) is 0 Å². The first-order valence-corrected chi connectivity index (χ1v) is 10.9. The van der Waals surface area contributed by atoms with Crippen LogP contribution in [0, 0.1) is 0 Å². The van der Waals surface area contributed by atoms with Crippen LogP contribution >= 0.6 is 0 Å². The number of carbonyl (C=O) groups is 1. The smallest absolute Gasteiger partial charge is 0.255 e. The van der Waals surface area contributed by atoms with Gasteiger partial charge < -0.3 is 9.47 Å². The van der Waals surface area contributed by atoms with Gasteiger partial charge in [-0.05, 0) is 30.5 Å². The molecule has 0 saturated carbocycles. The maximum atomic E-state index is 12.8. The van der Waals surface area contributed by atoms with Gasteiger partial charge in [0.2, 0.25) is 0 Å². The number of carbonyl (C=O) groups excluding carboxylic acids is 1. The highest BCUT2D eigenvalue weighted by Gasteiger charge is 2.29. The van der Waals surface area contributed by atoms with Gasteiger partial charge in [-0.25, -0.2) is 18.4 Å². The molecule has 1 saturated heterocycles. The summed E-state index contributed by atoms with van der Waals surface area (Å²) in [5, 5.41) is 0. The first-order chi connectivity index (χ1) is 13.4. The summed E-state index contributed by atoms with van der Waals surface area (Å²) in [7, 11) is -1.24. The summed E-state index contributed by atoms with van der Waals surface area (Å²) in [6.45, 7) is 0.598. The van der Waals surface area contributed by atoms with Crippen molar-refractivity contribution in [3.63, 3.8) is 0 Å². The van der Waals surface area contributed by atoms with Crippen LogP contribution in [0.3, 0.4) is 0 Å². The summed E-state index contributed by atoms with van der Waals surface area (Å²) in [6.07, 6.45) is 7.73. The third-order valence-electron chi connectivity index (χ3n) is 5.17. The normalized spacial score (nSPS) is 16.9. The average molecular weight is 399 g/mol. The molecule has 9 heteroatoms. The van der Waals surface area contributed by atoms with Crippen LogP contribution in [0.1, 0.15) is 28.8 Å². The predicted octanol–water partition coefficient (Wildman–Crippen LogP) is 1.52. The van der Waals surface area contributed by atoms with E-state index in [2.05, 4.69) is 15.0 Å². The van der Waals surface area contributed by atoms with E-state index in [1.807, 2.05) is 16.7 Å². The van der Waals surface area contributed by atoms with Crippen molar-refractivity contribution in [3.05, 3.63) is 54.2 Å². The van der Waals surface area contributed by atoms with Gasteiger partial charge in [-0.2, -0.15) is 0 Å². The summed E-state index contributed by atoms with van der Waals surface area (Å²) >= 11 is 0. The quantitative estimate of drug-likeness (QED) is 0.660. The van der Waals surface area contributed by atoms with Crippen LogP contribution in [-0.2, 0) is 16.4 Å². The maximum absolute atomic E-state index is 12.8. The minimum absolute atomic E-state index is 0.0742. The number of hydrogen-bond donors (Lipinski definition) is 0. The highest BCUT2D eigenvalue weighted by Crippen LogP contribution is 2.20. The van der Waals surface area contributed by atoms with Crippen molar-refractivity contribution in [3.8, 4) is 0 Å². The molecular formula is C19H21N5O3S. The number of fused-ring (bicyclic) bond motifs is 1. The molecule has 0 bridgehead atoms. The minimum Gasteiger partial charge on any atom is -0.339 e. The molecule has 146 valence electrons. The fraction of sp³-hybridized carbons (Fsp3) is 0.368. The van der Waals surface area contributed by atoms with Gasteiger partial charge in [-0.3, -0.25) is 9.78 Å². The number of pyridine rings is 2. The Bertz CT molecular complexity index is 1100. The van der Waals surface area contributed by atoms with Crippen LogP contribution in [0.25, 0.3) is 11.2 Å². The van der Waals surface area contributed by atoms with Crippen LogP contribution < -0.4 is 0 Å². The second kappa shape index (κ2) is 7.31. The largest absolute Gasteiger partial charge is 0.339 e. The highest BCUT2D eigenvalue weighted by atomic mass is 32.2. The molecule has 1 fully saturated rings. The molecule has 0 unspecified atom stereocenters. The lowest BCUT2D eigenvalue weighted by Crippen LogP contribution is -2.42. The molecular weight excluding hydrogens is 378 g/mol. The molecule has 3 aromatic rings.